The summed E-state index contributed by atoms with van der Waals surface area (Å²) in [6.07, 6.45) is 5.12. The maximum Gasteiger partial charge on any atom is 0.230 e. The van der Waals surface area contributed by atoms with Crippen LogP contribution in [0.5, 0.6) is 0 Å². The Bertz CT molecular complexity index is 515. The zero-order valence-corrected chi connectivity index (χ0v) is 12.9. The van der Waals surface area contributed by atoms with Gasteiger partial charge in [0.2, 0.25) is 5.91 Å². The summed E-state index contributed by atoms with van der Waals surface area (Å²) < 4.78 is 0. The van der Waals surface area contributed by atoms with Crippen molar-refractivity contribution in [3.8, 4) is 11.8 Å². The Morgan fingerprint density at radius 1 is 1.35 bits per heavy atom. The standard InChI is InChI=1S/C16H18ClNOS/c17-15-10-4-1-6-13(15)7-5-11-18-16(19)12-20-14-8-2-3-9-14/h1,4,6,10,14H,2-3,8-9,11-12H2,(H,18,19). The Hall–Kier alpha value is -1.11. The molecule has 0 bridgehead atoms. The first kappa shape index (κ1) is 15.3. The van der Waals surface area contributed by atoms with Crippen LogP contribution in [0.1, 0.15) is 31.2 Å². The molecule has 1 saturated carbocycles. The van der Waals surface area contributed by atoms with E-state index in [1.165, 1.54) is 25.7 Å². The highest BCUT2D eigenvalue weighted by atomic mass is 35.5. The normalized spacial score (nSPS) is 14.7. The fourth-order valence-corrected chi connectivity index (χ4v) is 3.48. The summed E-state index contributed by atoms with van der Waals surface area (Å²) in [5.74, 6) is 6.49. The van der Waals surface area contributed by atoms with Crippen molar-refractivity contribution in [2.24, 2.45) is 0 Å². The Morgan fingerprint density at radius 3 is 2.85 bits per heavy atom. The maximum atomic E-state index is 11.7. The third-order valence-corrected chi connectivity index (χ3v) is 4.92. The lowest BCUT2D eigenvalue weighted by molar-refractivity contribution is -0.118. The molecule has 1 amide bonds. The van der Waals surface area contributed by atoms with E-state index in [9.17, 15) is 4.79 Å². The highest BCUT2D eigenvalue weighted by Crippen LogP contribution is 2.28. The van der Waals surface area contributed by atoms with E-state index in [4.69, 9.17) is 11.6 Å². The van der Waals surface area contributed by atoms with Gasteiger partial charge in [0.15, 0.2) is 0 Å². The van der Waals surface area contributed by atoms with Crippen molar-refractivity contribution in [3.63, 3.8) is 0 Å². The predicted octanol–water partition coefficient (Wildman–Crippen LogP) is 3.48. The van der Waals surface area contributed by atoms with Gasteiger partial charge < -0.3 is 5.32 Å². The summed E-state index contributed by atoms with van der Waals surface area (Å²) in [6, 6.07) is 7.44. The molecule has 1 aromatic carbocycles. The SMILES string of the molecule is O=C(CSC1CCCC1)NCC#Cc1ccccc1Cl. The number of carbonyl (C=O) groups is 1. The molecule has 2 nitrogen and oxygen atoms in total. The number of amides is 1. The first-order chi connectivity index (χ1) is 9.75. The molecule has 2 rings (SSSR count). The first-order valence-corrected chi connectivity index (χ1v) is 8.30. The Balaban J connectivity index is 1.68. The number of halogens is 1. The first-order valence-electron chi connectivity index (χ1n) is 6.87. The summed E-state index contributed by atoms with van der Waals surface area (Å²) in [6.45, 7) is 0.370. The number of carbonyl (C=O) groups excluding carboxylic acids is 1. The van der Waals surface area contributed by atoms with Gasteiger partial charge in [0, 0.05) is 10.8 Å². The minimum Gasteiger partial charge on any atom is -0.344 e. The van der Waals surface area contributed by atoms with Gasteiger partial charge in [0.25, 0.3) is 0 Å². The van der Waals surface area contributed by atoms with Crippen LogP contribution in [0.2, 0.25) is 5.02 Å². The van der Waals surface area contributed by atoms with Gasteiger partial charge in [-0.1, -0.05) is 48.4 Å². The van der Waals surface area contributed by atoms with E-state index in [1.807, 2.05) is 24.3 Å². The van der Waals surface area contributed by atoms with Gasteiger partial charge in [-0.3, -0.25) is 4.79 Å². The van der Waals surface area contributed by atoms with Crippen LogP contribution >= 0.6 is 23.4 Å². The highest BCUT2D eigenvalue weighted by Gasteiger charge is 2.16. The lowest BCUT2D eigenvalue weighted by atomic mass is 10.2. The topological polar surface area (TPSA) is 29.1 Å². The molecule has 4 heteroatoms. The monoisotopic (exact) mass is 307 g/mol. The van der Waals surface area contributed by atoms with E-state index in [-0.39, 0.29) is 5.91 Å². The van der Waals surface area contributed by atoms with Crippen LogP contribution in [-0.4, -0.2) is 23.5 Å². The van der Waals surface area contributed by atoms with Crippen molar-refractivity contribution in [1.29, 1.82) is 0 Å². The van der Waals surface area contributed by atoms with Gasteiger partial charge in [0.1, 0.15) is 0 Å². The zero-order valence-electron chi connectivity index (χ0n) is 11.3. The van der Waals surface area contributed by atoms with Gasteiger partial charge in [-0.25, -0.2) is 0 Å². The molecule has 0 radical (unpaired) electrons. The summed E-state index contributed by atoms with van der Waals surface area (Å²) in [5.41, 5.74) is 0.795. The van der Waals surface area contributed by atoms with E-state index < -0.39 is 0 Å². The predicted molar refractivity (Wildman–Crippen MR) is 86.1 cm³/mol. The molecule has 0 aromatic heterocycles. The molecule has 1 aliphatic rings. The minimum absolute atomic E-state index is 0.0651. The van der Waals surface area contributed by atoms with Gasteiger partial charge in [-0.2, -0.15) is 0 Å². The molecular weight excluding hydrogens is 290 g/mol. The number of nitrogens with one attached hydrogen (secondary N) is 1. The number of benzene rings is 1. The molecule has 1 N–H and O–H groups in total. The molecule has 106 valence electrons. The van der Waals surface area contributed by atoms with Crippen LogP contribution in [0.25, 0.3) is 0 Å². The highest BCUT2D eigenvalue weighted by molar-refractivity contribution is 8.00. The molecule has 0 spiro atoms. The lowest BCUT2D eigenvalue weighted by Gasteiger charge is -2.07. The number of rotatable bonds is 4. The molecular formula is C16H18ClNOS. The van der Waals surface area contributed by atoms with E-state index in [2.05, 4.69) is 17.2 Å². The third kappa shape index (κ3) is 5.11. The fourth-order valence-electron chi connectivity index (χ4n) is 2.14. The quantitative estimate of drug-likeness (QED) is 0.863. The summed E-state index contributed by atoms with van der Waals surface area (Å²) in [7, 11) is 0. The van der Waals surface area contributed by atoms with Crippen molar-refractivity contribution in [1.82, 2.24) is 5.32 Å². The smallest absolute Gasteiger partial charge is 0.230 e. The van der Waals surface area contributed by atoms with E-state index in [1.54, 1.807) is 11.8 Å². The minimum atomic E-state index is 0.0651. The van der Waals surface area contributed by atoms with Gasteiger partial charge in [-0.05, 0) is 25.0 Å². The van der Waals surface area contributed by atoms with Crippen molar-refractivity contribution in [2.45, 2.75) is 30.9 Å². The van der Waals surface area contributed by atoms with E-state index in [0.29, 0.717) is 22.6 Å². The summed E-state index contributed by atoms with van der Waals surface area (Å²) >= 11 is 7.76. The third-order valence-electron chi connectivity index (χ3n) is 3.22. The lowest BCUT2D eigenvalue weighted by Crippen LogP contribution is -2.26. The molecule has 0 heterocycles. The Morgan fingerprint density at radius 2 is 2.10 bits per heavy atom. The van der Waals surface area contributed by atoms with Gasteiger partial charge >= 0.3 is 0 Å². The average Bonchev–Trinajstić information content (AvgIpc) is 2.96. The molecule has 1 fully saturated rings. The molecule has 1 aromatic rings. The molecule has 0 saturated heterocycles. The number of hydrogen-bond donors (Lipinski definition) is 1. The van der Waals surface area contributed by atoms with Crippen LogP contribution in [0.3, 0.4) is 0 Å². The van der Waals surface area contributed by atoms with Crippen LogP contribution < -0.4 is 5.32 Å². The molecule has 0 unspecified atom stereocenters. The van der Waals surface area contributed by atoms with Crippen molar-refractivity contribution < 1.29 is 4.79 Å². The van der Waals surface area contributed by atoms with Gasteiger partial charge in [-0.15, -0.1) is 11.8 Å². The second-order valence-corrected chi connectivity index (χ2v) is 6.47. The van der Waals surface area contributed by atoms with Crippen molar-refractivity contribution >= 4 is 29.3 Å². The molecule has 20 heavy (non-hydrogen) atoms. The average molecular weight is 308 g/mol. The Kier molecular flexibility index (Phi) is 6.29. The zero-order chi connectivity index (χ0) is 14.2. The van der Waals surface area contributed by atoms with Crippen LogP contribution in [-0.2, 0) is 4.79 Å². The van der Waals surface area contributed by atoms with Crippen molar-refractivity contribution in [2.75, 3.05) is 12.3 Å². The van der Waals surface area contributed by atoms with Crippen molar-refractivity contribution in [3.05, 3.63) is 34.9 Å². The number of thioether (sulfide) groups is 1. The summed E-state index contributed by atoms with van der Waals surface area (Å²) in [4.78, 5) is 11.7. The van der Waals surface area contributed by atoms with E-state index in [0.717, 1.165) is 5.56 Å². The summed E-state index contributed by atoms with van der Waals surface area (Å²) in [5, 5.41) is 4.14. The largest absolute Gasteiger partial charge is 0.344 e. The van der Waals surface area contributed by atoms with Crippen LogP contribution in [0.15, 0.2) is 24.3 Å². The molecule has 1 aliphatic carbocycles. The second kappa shape index (κ2) is 8.24. The molecule has 0 aliphatic heterocycles. The van der Waals surface area contributed by atoms with Crippen LogP contribution in [0, 0.1) is 11.8 Å². The Labute approximate surface area is 129 Å². The number of hydrogen-bond acceptors (Lipinski definition) is 2. The molecule has 0 atom stereocenters. The maximum absolute atomic E-state index is 11.7. The van der Waals surface area contributed by atoms with E-state index >= 15 is 0 Å². The second-order valence-electron chi connectivity index (χ2n) is 4.78. The van der Waals surface area contributed by atoms with Gasteiger partial charge in [0.05, 0.1) is 17.3 Å². The fraction of sp³-hybridized carbons (Fsp3) is 0.438. The van der Waals surface area contributed by atoms with Crippen LogP contribution in [0.4, 0.5) is 0 Å².